The molecule has 2 fully saturated rings. The van der Waals surface area contributed by atoms with Crippen LogP contribution in [0.25, 0.3) is 11.1 Å². The van der Waals surface area contributed by atoms with Crippen LogP contribution in [0.5, 0.6) is 69.0 Å². The van der Waals surface area contributed by atoms with Crippen LogP contribution in [0.1, 0.15) is 146 Å². The van der Waals surface area contributed by atoms with Gasteiger partial charge in [-0.25, -0.2) is 44.5 Å². The van der Waals surface area contributed by atoms with Crippen molar-refractivity contribution in [1.82, 2.24) is 5.32 Å². The van der Waals surface area contributed by atoms with Gasteiger partial charge in [0.25, 0.3) is 0 Å². The van der Waals surface area contributed by atoms with Crippen molar-refractivity contribution in [2.75, 3.05) is 13.7 Å². The molecule has 2 saturated heterocycles. The van der Waals surface area contributed by atoms with Gasteiger partial charge in [0.1, 0.15) is 95.4 Å². The molecule has 22 N–H and O–H groups in total. The maximum absolute atomic E-state index is 13.9. The number of likely N-dealkylation sites (N-methyl/N-ethyl adjacent to an activating group) is 1. The summed E-state index contributed by atoms with van der Waals surface area (Å²) in [7, 11) is 1.38. The smallest absolute Gasteiger partial charge is 0.335 e. The first-order valence-electron chi connectivity index (χ1n) is 38.6. The summed E-state index contributed by atoms with van der Waals surface area (Å²) in [6.45, 7) is 1.08. The summed E-state index contributed by atoms with van der Waals surface area (Å²) in [6.07, 6.45) is -17.6. The molecule has 17 bridgehead atoms. The normalized spacial score (nSPS) is 27.0. The quantitative estimate of drug-likeness (QED) is 0.0216. The van der Waals surface area contributed by atoms with E-state index in [1.807, 2.05) is 0 Å². The van der Waals surface area contributed by atoms with Gasteiger partial charge in [0, 0.05) is 40.8 Å². The summed E-state index contributed by atoms with van der Waals surface area (Å²) in [5.74, 6) is -20.7. The van der Waals surface area contributed by atoms with Crippen molar-refractivity contribution in [3.05, 3.63) is 162 Å². The molecule has 0 aromatic heterocycles. The number of aliphatic hydroxyl groups excluding tert-OH is 15. The summed E-state index contributed by atoms with van der Waals surface area (Å²) in [5.41, 5.74) is -4.29. The molecule has 15 rings (SSSR count). The first-order valence-corrected chi connectivity index (χ1v) is 40.1. The highest BCUT2D eigenvalue weighted by Crippen LogP contribution is 2.53. The number of aliphatic hydroxyl groups is 15. The molecule has 7 aromatic carbocycles. The van der Waals surface area contributed by atoms with Crippen LogP contribution in [0.2, 0.25) is 20.1 Å². The first kappa shape index (κ1) is 90.4. The number of halogens is 4. The predicted molar refractivity (Wildman–Crippen MR) is 444 cm³/mol. The lowest BCUT2D eigenvalue weighted by Crippen LogP contribution is -2.60. The highest BCUT2D eigenvalue weighted by Gasteiger charge is 2.51. The number of unbranched alkanes of at least 4 members (excludes halogenated alkanes) is 7. The second-order valence-electron chi connectivity index (χ2n) is 29.7. The van der Waals surface area contributed by atoms with Gasteiger partial charge in [-0.05, 0) is 114 Å². The number of phenolic OH excluding ortho intramolecular Hbond substituents is 4. The number of nitrogens with zero attached hydrogens (tertiary/aromatic N) is 7. The van der Waals surface area contributed by atoms with Gasteiger partial charge in [-0.2, -0.15) is 0 Å². The van der Waals surface area contributed by atoms with Gasteiger partial charge in [-0.1, -0.05) is 116 Å². The van der Waals surface area contributed by atoms with Gasteiger partial charge >= 0.3 is 11.9 Å². The molecular weight excluding hydrogens is 1720 g/mol. The van der Waals surface area contributed by atoms with E-state index >= 15 is 0 Å². The number of aliphatic imine (C=N–C) groups is 7. The largest absolute Gasteiger partial charge is 0.508 e. The van der Waals surface area contributed by atoms with Crippen molar-refractivity contribution in [3.8, 4) is 80.1 Å². The number of ether oxygens (including phenoxy) is 7. The molecule has 0 radical (unpaired) electrons. The molecule has 0 saturated carbocycles. The van der Waals surface area contributed by atoms with Crippen LogP contribution < -0.4 is 29.0 Å². The maximum Gasteiger partial charge on any atom is 0.335 e. The number of hydrogen-bond acceptors (Lipinski definition) is 29. The van der Waals surface area contributed by atoms with Crippen LogP contribution >= 0.6 is 46.4 Å². The molecule has 0 aliphatic carbocycles. The van der Waals surface area contributed by atoms with Gasteiger partial charge in [-0.15, -0.1) is 0 Å². The zero-order valence-electron chi connectivity index (χ0n) is 65.1. The Morgan fingerprint density at radius 2 is 1.07 bits per heavy atom. The number of aromatic hydroxyl groups is 4. The SMILES string of the molecule is CCCCCCCCCCC(O)=NC1C(Oc2c3cc4cc2Oc2c(Cl)cc(cc2Cl)C(O)C2N=C(O)C(N=C(O)C4N=C(O)C4N=C(O)C(N=C(O)C(NC)c5ccc(O)c(c5)Oc5cc(O)c(Cl)c4c5)C(O)c4ccc(c(Cl)c4)O3)c3ccc(O)c(c3)-c3c(OC4OC(CO)C(O)C(O)C4O)cc(O)cc3C(C(=O)O)N=C2O)OC(C(=O)O)C(O)C1O. The average molecular weight is 1800 g/mol. The molecule has 8 heterocycles. The number of nitrogens with one attached hydrogen (secondary N) is 1. The molecule has 660 valence electrons. The van der Waals surface area contributed by atoms with Crippen LogP contribution in [0.4, 0.5) is 0 Å². The Morgan fingerprint density at radius 3 is 1.73 bits per heavy atom. The van der Waals surface area contributed by atoms with Crippen LogP contribution in [-0.4, -0.2) is 248 Å². The highest BCUT2D eigenvalue weighted by molar-refractivity contribution is 6.37. The Morgan fingerprint density at radius 1 is 0.484 bits per heavy atom. The van der Waals surface area contributed by atoms with Crippen LogP contribution in [0, 0.1) is 0 Å². The van der Waals surface area contributed by atoms with Gasteiger partial charge < -0.3 is 146 Å². The van der Waals surface area contributed by atoms with Crippen LogP contribution in [-0.2, 0) is 19.1 Å². The van der Waals surface area contributed by atoms with E-state index in [4.69, 9.17) is 79.6 Å². The summed E-state index contributed by atoms with van der Waals surface area (Å²) in [4.78, 5) is 57.6. The van der Waals surface area contributed by atoms with E-state index in [0.29, 0.717) is 12.8 Å². The van der Waals surface area contributed by atoms with Crippen LogP contribution in [0.15, 0.2) is 138 Å². The van der Waals surface area contributed by atoms with E-state index in [0.717, 1.165) is 117 Å². The lowest BCUT2D eigenvalue weighted by Gasteiger charge is -2.39. The summed E-state index contributed by atoms with van der Waals surface area (Å²) >= 11 is 28.6. The predicted octanol–water partition coefficient (Wildman–Crippen LogP) is 10.6. The topological polar surface area (TPSA) is 622 Å². The number of benzene rings is 7. The third-order valence-corrected chi connectivity index (χ3v) is 22.6. The molecule has 38 nitrogen and oxygen atoms in total. The Kier molecular flexibility index (Phi) is 27.7. The van der Waals surface area contributed by atoms with E-state index in [2.05, 4.69) is 47.2 Å². The highest BCUT2D eigenvalue weighted by atomic mass is 35.5. The minimum Gasteiger partial charge on any atom is -0.508 e. The fourth-order valence-electron chi connectivity index (χ4n) is 14.8. The van der Waals surface area contributed by atoms with Crippen LogP contribution in [0.3, 0.4) is 0 Å². The molecule has 19 unspecified atom stereocenters. The molecule has 42 heteroatoms. The fraction of sp³-hybridized carbons (Fsp3) is 0.378. The van der Waals surface area contributed by atoms with Gasteiger partial charge in [0.15, 0.2) is 77.0 Å². The van der Waals surface area contributed by atoms with E-state index in [1.54, 1.807) is 0 Å². The number of carbonyl (C=O) groups is 2. The van der Waals surface area contributed by atoms with Gasteiger partial charge in [-0.3, -0.25) is 0 Å². The maximum atomic E-state index is 13.9. The van der Waals surface area contributed by atoms with Gasteiger partial charge in [0.2, 0.25) is 53.7 Å². The number of fused-ring (bicyclic) bond motifs is 12. The number of phenols is 4. The summed E-state index contributed by atoms with van der Waals surface area (Å²) in [6, 6.07) is -0.842. The minimum absolute atomic E-state index is 0.125. The monoisotopic (exact) mass is 1800 g/mol. The molecule has 124 heavy (non-hydrogen) atoms. The number of hydrogen-bond donors (Lipinski definition) is 22. The molecule has 7 aromatic rings. The van der Waals surface area contributed by atoms with Crippen molar-refractivity contribution in [1.29, 1.82) is 0 Å². The second kappa shape index (κ2) is 38.0. The number of rotatable bonds is 18. The first-order chi connectivity index (χ1) is 59.1. The Balaban J connectivity index is 1.12. The van der Waals surface area contributed by atoms with Crippen molar-refractivity contribution in [2.45, 2.75) is 181 Å². The van der Waals surface area contributed by atoms with Crippen molar-refractivity contribution in [2.24, 2.45) is 34.9 Å². The minimum atomic E-state index is -2.58. The molecule has 0 spiro atoms. The molecule has 8 aliphatic heterocycles. The number of aliphatic carboxylic acids is 2. The number of carboxylic acid groups (broad SMARTS) is 2. The molecule has 0 amide bonds. The fourth-order valence-corrected chi connectivity index (χ4v) is 15.9. The Hall–Kier alpha value is -11.3. The zero-order valence-corrected chi connectivity index (χ0v) is 68.1. The van der Waals surface area contributed by atoms with Gasteiger partial charge in [0.05, 0.1) is 26.7 Å². The molecule has 8 aliphatic rings. The van der Waals surface area contributed by atoms with Crippen molar-refractivity contribution < 1.29 is 150 Å². The lowest BCUT2D eigenvalue weighted by atomic mass is 9.90. The van der Waals surface area contributed by atoms with E-state index in [1.165, 1.54) is 31.3 Å². The zero-order chi connectivity index (χ0) is 89.3. The standard InChI is InChI=1S/C82H84Cl4N8O30/c1-3-4-5-6-7-8-9-10-11-52(100)88-62-66(104)68(106)72(80(116)117)124-81(62)123-71-49-23-33-24-50(71)120-70-41(84)20-34(21-42(70)85)64(102)61-78(113)92-59(79(114)115)38-25-35(96)26-48(121-82-69(107)67(105)65(103)51(29-95)122-82)53(38)37-18-30(12-15-43(37)97)56(74(109)94-61)89-75(110)57(33)90-76(111)58-39-27-36(28-45(99)54(39)86)118-47-22-31(13-16-44(47)98)55(87-2)73(108)93-60(77(112)91-58)63(101)32-14-17-46(119-49)40(83)19-32/h12-28,51,55-69,72,81-82,87,95-99,101-107H,3-11,29H2,1-2H3,(H,88,100)(H,89,110)(H,90,111)(H,91,112)(H,92,113)(H,93,108)(H,94,109)(H,114,115)(H,116,117). The number of carboxylic acids is 2. The summed E-state index contributed by atoms with van der Waals surface area (Å²) < 4.78 is 43.9. The van der Waals surface area contributed by atoms with Crippen molar-refractivity contribution in [3.63, 3.8) is 0 Å². The molecular formula is C82H84Cl4N8O30. The third kappa shape index (κ3) is 18.9. The van der Waals surface area contributed by atoms with E-state index in [-0.39, 0.29) is 23.3 Å². The third-order valence-electron chi connectivity index (χ3n) is 21.3. The summed E-state index contributed by atoms with van der Waals surface area (Å²) in [5, 5.41) is 250. The van der Waals surface area contributed by atoms with Crippen molar-refractivity contribution >= 4 is 99.6 Å². The van der Waals surface area contributed by atoms with E-state index in [9.17, 15) is 117 Å². The second-order valence-corrected chi connectivity index (χ2v) is 31.3. The lowest BCUT2D eigenvalue weighted by molar-refractivity contribution is -0.277. The van der Waals surface area contributed by atoms with E-state index < -0.39 is 298 Å². The molecule has 19 atom stereocenters. The Labute approximate surface area is 722 Å². The Bertz CT molecular complexity index is 5440. The average Bonchev–Trinajstić information content (AvgIpc) is 0.760.